The monoisotopic (exact) mass is 266 g/mol. The number of carbonyl (C=O) groups excluding carboxylic acids is 1. The molecule has 106 valence electrons. The van der Waals surface area contributed by atoms with Gasteiger partial charge >= 0.3 is 0 Å². The molecule has 6 nitrogen and oxygen atoms in total. The first kappa shape index (κ1) is 14.0. The number of hydrogen-bond donors (Lipinski definition) is 1. The molecule has 2 heterocycles. The lowest BCUT2D eigenvalue weighted by Crippen LogP contribution is -2.45. The fourth-order valence-electron chi connectivity index (χ4n) is 2.37. The molecule has 0 fully saturated rings. The second kappa shape index (κ2) is 6.16. The van der Waals surface area contributed by atoms with Crippen molar-refractivity contribution in [2.75, 3.05) is 26.8 Å². The van der Waals surface area contributed by atoms with Crippen molar-refractivity contribution in [3.63, 3.8) is 0 Å². The summed E-state index contributed by atoms with van der Waals surface area (Å²) < 4.78 is 6.83. The summed E-state index contributed by atoms with van der Waals surface area (Å²) in [7, 11) is 1.52. The topological polar surface area (TPSA) is 59.4 Å². The molecule has 1 aliphatic heterocycles. The Labute approximate surface area is 113 Å². The van der Waals surface area contributed by atoms with Crippen LogP contribution in [-0.4, -0.2) is 53.4 Å². The van der Waals surface area contributed by atoms with Gasteiger partial charge in [-0.1, -0.05) is 0 Å². The Morgan fingerprint density at radius 3 is 3.11 bits per heavy atom. The third-order valence-electron chi connectivity index (χ3n) is 3.45. The van der Waals surface area contributed by atoms with Gasteiger partial charge in [0, 0.05) is 39.0 Å². The summed E-state index contributed by atoms with van der Waals surface area (Å²) in [5.41, 5.74) is 1.20. The summed E-state index contributed by atoms with van der Waals surface area (Å²) in [4.78, 5) is 13.9. The number of aromatic nitrogens is 2. The molecule has 0 aliphatic carbocycles. The number of methoxy groups -OCH3 is 1. The van der Waals surface area contributed by atoms with Crippen molar-refractivity contribution in [1.29, 1.82) is 0 Å². The van der Waals surface area contributed by atoms with Crippen LogP contribution in [0.25, 0.3) is 0 Å². The van der Waals surface area contributed by atoms with E-state index >= 15 is 0 Å². The van der Waals surface area contributed by atoms with Gasteiger partial charge in [0.05, 0.1) is 11.7 Å². The smallest absolute Gasteiger partial charge is 0.246 e. The molecule has 1 N–H and O–H groups in total. The van der Waals surface area contributed by atoms with Gasteiger partial charge in [0.25, 0.3) is 0 Å². The third kappa shape index (κ3) is 3.33. The molecule has 19 heavy (non-hydrogen) atoms. The first-order chi connectivity index (χ1) is 9.11. The molecule has 1 aromatic rings. The molecule has 1 amide bonds. The van der Waals surface area contributed by atoms with E-state index in [2.05, 4.69) is 29.2 Å². The van der Waals surface area contributed by atoms with Crippen molar-refractivity contribution in [1.82, 2.24) is 20.0 Å². The van der Waals surface area contributed by atoms with Crippen LogP contribution in [0.5, 0.6) is 0 Å². The van der Waals surface area contributed by atoms with Gasteiger partial charge in [-0.3, -0.25) is 14.4 Å². The highest BCUT2D eigenvalue weighted by Crippen LogP contribution is 2.21. The van der Waals surface area contributed by atoms with Gasteiger partial charge in [0.2, 0.25) is 5.91 Å². The minimum atomic E-state index is -0.0853. The Morgan fingerprint density at radius 1 is 1.63 bits per heavy atom. The van der Waals surface area contributed by atoms with Crippen molar-refractivity contribution in [3.05, 3.63) is 18.0 Å². The zero-order valence-electron chi connectivity index (χ0n) is 11.8. The third-order valence-corrected chi connectivity index (χ3v) is 3.45. The van der Waals surface area contributed by atoms with Crippen LogP contribution in [0.4, 0.5) is 0 Å². The van der Waals surface area contributed by atoms with E-state index in [-0.39, 0.29) is 18.6 Å². The van der Waals surface area contributed by atoms with E-state index in [4.69, 9.17) is 4.74 Å². The van der Waals surface area contributed by atoms with E-state index in [1.165, 1.54) is 12.8 Å². The largest absolute Gasteiger partial charge is 0.375 e. The van der Waals surface area contributed by atoms with Crippen molar-refractivity contribution in [2.24, 2.45) is 0 Å². The fraction of sp³-hybridized carbons (Fsp3) is 0.692. The van der Waals surface area contributed by atoms with Gasteiger partial charge in [0.15, 0.2) is 0 Å². The van der Waals surface area contributed by atoms with Crippen LogP contribution in [0.2, 0.25) is 0 Å². The summed E-state index contributed by atoms with van der Waals surface area (Å²) >= 11 is 0. The highest BCUT2D eigenvalue weighted by molar-refractivity contribution is 5.77. The molecule has 0 bridgehead atoms. The number of nitrogens with one attached hydrogen (secondary N) is 1. The fourth-order valence-corrected chi connectivity index (χ4v) is 2.37. The quantitative estimate of drug-likeness (QED) is 0.838. The molecule has 0 radical (unpaired) electrons. The Bertz CT molecular complexity index is 430. The predicted molar refractivity (Wildman–Crippen MR) is 71.7 cm³/mol. The van der Waals surface area contributed by atoms with Crippen LogP contribution in [0.3, 0.4) is 0 Å². The normalized spacial score (nSPS) is 19.5. The summed E-state index contributed by atoms with van der Waals surface area (Å²) in [6, 6.07) is 2.71. The number of fused-ring (bicyclic) bond motifs is 1. The van der Waals surface area contributed by atoms with E-state index in [9.17, 15) is 4.79 Å². The van der Waals surface area contributed by atoms with Gasteiger partial charge in [-0.15, -0.1) is 0 Å². The highest BCUT2D eigenvalue weighted by Gasteiger charge is 2.26. The zero-order chi connectivity index (χ0) is 13.8. The average molecular weight is 266 g/mol. The zero-order valence-corrected chi connectivity index (χ0v) is 11.8. The number of amides is 1. The highest BCUT2D eigenvalue weighted by atomic mass is 16.5. The lowest BCUT2D eigenvalue weighted by atomic mass is 10.1. The number of ether oxygens (including phenoxy) is 1. The van der Waals surface area contributed by atoms with Crippen LogP contribution in [0, 0.1) is 0 Å². The van der Waals surface area contributed by atoms with Crippen LogP contribution in [0.15, 0.2) is 12.3 Å². The van der Waals surface area contributed by atoms with Crippen molar-refractivity contribution < 1.29 is 9.53 Å². The molecule has 0 saturated heterocycles. The molecule has 2 rings (SSSR count). The van der Waals surface area contributed by atoms with Crippen molar-refractivity contribution in [2.45, 2.75) is 32.5 Å². The number of nitrogens with zero attached hydrogens (tertiary/aromatic N) is 3. The predicted octanol–water partition coefficient (Wildman–Crippen LogP) is 0.411. The van der Waals surface area contributed by atoms with E-state index in [1.807, 2.05) is 16.9 Å². The molecule has 0 spiro atoms. The minimum Gasteiger partial charge on any atom is -0.375 e. The first-order valence-corrected chi connectivity index (χ1v) is 6.64. The maximum atomic E-state index is 11.5. The maximum Gasteiger partial charge on any atom is 0.246 e. The molecular formula is C13H22N4O2. The van der Waals surface area contributed by atoms with Crippen LogP contribution < -0.4 is 5.32 Å². The van der Waals surface area contributed by atoms with Gasteiger partial charge in [-0.25, -0.2) is 0 Å². The van der Waals surface area contributed by atoms with E-state index in [0.717, 1.165) is 13.1 Å². The van der Waals surface area contributed by atoms with Crippen molar-refractivity contribution in [3.8, 4) is 0 Å². The second-order valence-electron chi connectivity index (χ2n) is 5.18. The van der Waals surface area contributed by atoms with E-state index in [0.29, 0.717) is 12.6 Å². The number of rotatable bonds is 5. The van der Waals surface area contributed by atoms with E-state index < -0.39 is 0 Å². The Kier molecular flexibility index (Phi) is 4.55. The van der Waals surface area contributed by atoms with Crippen LogP contribution >= 0.6 is 0 Å². The maximum absolute atomic E-state index is 11.5. The summed E-state index contributed by atoms with van der Waals surface area (Å²) in [5.74, 6) is -0.0853. The minimum absolute atomic E-state index is 0.0853. The standard InChI is InChI=1S/C13H22N4O2/c1-10(2)16-7-11-4-5-15-17(11)12(8-16)6-14-13(18)9-19-3/h4-5,10,12H,6-9H2,1-3H3,(H,14,18)/t12-/m1/s1. The Morgan fingerprint density at radius 2 is 2.42 bits per heavy atom. The molecule has 0 unspecified atom stereocenters. The SMILES string of the molecule is COCC(=O)NC[C@@H]1CN(C(C)C)Cc2ccnn21. The lowest BCUT2D eigenvalue weighted by molar-refractivity contribution is -0.124. The average Bonchev–Trinajstić information content (AvgIpc) is 2.84. The summed E-state index contributed by atoms with van der Waals surface area (Å²) in [6.07, 6.45) is 1.82. The lowest BCUT2D eigenvalue weighted by Gasteiger charge is -2.36. The Hall–Kier alpha value is -1.40. The molecule has 1 aliphatic rings. The molecular weight excluding hydrogens is 244 g/mol. The van der Waals surface area contributed by atoms with Gasteiger partial charge in [0.1, 0.15) is 6.61 Å². The molecule has 1 aromatic heterocycles. The van der Waals surface area contributed by atoms with Gasteiger partial charge in [-0.05, 0) is 19.9 Å². The molecule has 1 atom stereocenters. The van der Waals surface area contributed by atoms with E-state index in [1.54, 1.807) is 0 Å². The molecule has 6 heteroatoms. The molecule has 0 saturated carbocycles. The Balaban J connectivity index is 2.01. The second-order valence-corrected chi connectivity index (χ2v) is 5.18. The van der Waals surface area contributed by atoms with Gasteiger partial charge < -0.3 is 10.1 Å². The van der Waals surface area contributed by atoms with Crippen molar-refractivity contribution >= 4 is 5.91 Å². The molecule has 0 aromatic carbocycles. The van der Waals surface area contributed by atoms with Gasteiger partial charge in [-0.2, -0.15) is 5.10 Å². The summed E-state index contributed by atoms with van der Waals surface area (Å²) in [5, 5.41) is 7.26. The summed E-state index contributed by atoms with van der Waals surface area (Å²) in [6.45, 7) is 6.88. The van der Waals surface area contributed by atoms with Crippen LogP contribution in [0.1, 0.15) is 25.6 Å². The number of carbonyl (C=O) groups is 1. The van der Waals surface area contributed by atoms with Crippen LogP contribution in [-0.2, 0) is 16.1 Å². The first-order valence-electron chi connectivity index (χ1n) is 6.64. The number of hydrogen-bond acceptors (Lipinski definition) is 4.